The summed E-state index contributed by atoms with van der Waals surface area (Å²) in [6.45, 7) is 4.79. The van der Waals surface area contributed by atoms with E-state index in [0.717, 1.165) is 22.2 Å². The molecule has 0 aliphatic carbocycles. The Morgan fingerprint density at radius 3 is 2.76 bits per heavy atom. The first-order chi connectivity index (χ1) is 12.0. The van der Waals surface area contributed by atoms with Crippen molar-refractivity contribution >= 4 is 22.0 Å². The number of carbonyl (C=O) groups excluding carboxylic acids is 1. The third-order valence-electron chi connectivity index (χ3n) is 5.50. The molecule has 1 N–H and O–H groups in total. The summed E-state index contributed by atoms with van der Waals surface area (Å²) >= 11 is 3.51. The Hall–Kier alpha value is -2.01. The number of nitrogens with zero attached hydrogens (tertiary/aromatic N) is 1. The van der Waals surface area contributed by atoms with Gasteiger partial charge in [-0.25, -0.2) is 4.79 Å². The number of nitrogens with one attached hydrogen (secondary N) is 1. The van der Waals surface area contributed by atoms with Crippen molar-refractivity contribution in [3.63, 3.8) is 0 Å². The van der Waals surface area contributed by atoms with Crippen molar-refractivity contribution < 1.29 is 9.53 Å². The number of fused-ring (bicyclic) bond motifs is 4. The zero-order chi connectivity index (χ0) is 17.6. The Morgan fingerprint density at radius 2 is 2.00 bits per heavy atom. The molecule has 0 aromatic heterocycles. The predicted molar refractivity (Wildman–Crippen MR) is 100 cm³/mol. The number of ether oxygens (including phenoxy) is 1. The number of amides is 2. The molecule has 4 nitrogen and oxygen atoms in total. The maximum atomic E-state index is 12.8. The standard InChI is InChI=1S/C20H21BrN2O2/c1-13-18-16-12-15(21)8-9-17(16)25-20(13,2)23(19(24)22-18)11-10-14-6-4-3-5-7-14/h3-9,12-13,18H,10-11H2,1-2H3,(H,22,24)/t13-,18-,20+/m1/s1. The average Bonchev–Trinajstić information content (AvgIpc) is 2.60. The zero-order valence-corrected chi connectivity index (χ0v) is 15.9. The van der Waals surface area contributed by atoms with Gasteiger partial charge in [0.05, 0.1) is 6.04 Å². The summed E-state index contributed by atoms with van der Waals surface area (Å²) in [6, 6.07) is 16.1. The summed E-state index contributed by atoms with van der Waals surface area (Å²) in [7, 11) is 0. The Balaban J connectivity index is 1.65. The smallest absolute Gasteiger partial charge is 0.321 e. The van der Waals surface area contributed by atoms with E-state index in [0.29, 0.717) is 6.54 Å². The van der Waals surface area contributed by atoms with Crippen molar-refractivity contribution in [2.45, 2.75) is 32.0 Å². The number of halogens is 1. The maximum Gasteiger partial charge on any atom is 0.321 e. The molecule has 25 heavy (non-hydrogen) atoms. The van der Waals surface area contributed by atoms with Gasteiger partial charge in [0.25, 0.3) is 0 Å². The van der Waals surface area contributed by atoms with Gasteiger partial charge in [-0.2, -0.15) is 0 Å². The summed E-state index contributed by atoms with van der Waals surface area (Å²) in [5.41, 5.74) is 1.60. The van der Waals surface area contributed by atoms with Gasteiger partial charge in [-0.3, -0.25) is 4.90 Å². The first-order valence-electron chi connectivity index (χ1n) is 8.59. The Bertz CT molecular complexity index is 811. The lowest BCUT2D eigenvalue weighted by atomic mass is 9.80. The number of rotatable bonds is 3. The van der Waals surface area contributed by atoms with E-state index in [-0.39, 0.29) is 18.0 Å². The Morgan fingerprint density at radius 1 is 1.24 bits per heavy atom. The second-order valence-electron chi connectivity index (χ2n) is 6.94. The highest BCUT2D eigenvalue weighted by Crippen LogP contribution is 2.48. The van der Waals surface area contributed by atoms with E-state index in [1.165, 1.54) is 5.56 Å². The summed E-state index contributed by atoms with van der Waals surface area (Å²) in [5, 5.41) is 3.18. The minimum atomic E-state index is -0.650. The van der Waals surface area contributed by atoms with Crippen LogP contribution in [-0.4, -0.2) is 23.2 Å². The molecule has 2 aliphatic heterocycles. The van der Waals surface area contributed by atoms with Gasteiger partial charge >= 0.3 is 6.03 Å². The number of hydrogen-bond donors (Lipinski definition) is 1. The van der Waals surface area contributed by atoms with Gasteiger partial charge in [0.15, 0.2) is 5.72 Å². The lowest BCUT2D eigenvalue weighted by Crippen LogP contribution is -2.69. The SMILES string of the molecule is C[C@@H]1[C@H]2NC(=O)N(CCc3ccccc3)[C@@]1(C)Oc1ccc(Br)cc12. The molecular weight excluding hydrogens is 380 g/mol. The normalized spacial score (nSPS) is 27.3. The van der Waals surface area contributed by atoms with Crippen LogP contribution in [0.5, 0.6) is 5.75 Å². The molecule has 130 valence electrons. The highest BCUT2D eigenvalue weighted by molar-refractivity contribution is 9.10. The molecule has 2 amide bonds. The van der Waals surface area contributed by atoms with Gasteiger partial charge in [-0.05, 0) is 37.1 Å². The van der Waals surface area contributed by atoms with Crippen molar-refractivity contribution in [1.82, 2.24) is 10.2 Å². The fourth-order valence-electron chi connectivity index (χ4n) is 3.87. The predicted octanol–water partition coefficient (Wildman–Crippen LogP) is 4.50. The molecule has 0 unspecified atom stereocenters. The molecule has 1 fully saturated rings. The molecule has 1 saturated heterocycles. The summed E-state index contributed by atoms with van der Waals surface area (Å²) in [6.07, 6.45) is 0.803. The second kappa shape index (κ2) is 6.06. The van der Waals surface area contributed by atoms with Crippen LogP contribution in [-0.2, 0) is 6.42 Å². The fourth-order valence-corrected chi connectivity index (χ4v) is 4.25. The van der Waals surface area contributed by atoms with Crippen LogP contribution in [0.4, 0.5) is 4.79 Å². The molecule has 0 radical (unpaired) electrons. The van der Waals surface area contributed by atoms with Gasteiger partial charge in [0.2, 0.25) is 0 Å². The molecule has 0 spiro atoms. The third kappa shape index (κ3) is 2.71. The van der Waals surface area contributed by atoms with Gasteiger partial charge in [0, 0.05) is 22.5 Å². The summed E-state index contributed by atoms with van der Waals surface area (Å²) in [4.78, 5) is 14.6. The number of urea groups is 1. The monoisotopic (exact) mass is 400 g/mol. The topological polar surface area (TPSA) is 41.6 Å². The van der Waals surface area contributed by atoms with E-state index in [2.05, 4.69) is 40.3 Å². The van der Waals surface area contributed by atoms with Crippen LogP contribution in [0, 0.1) is 5.92 Å². The van der Waals surface area contributed by atoms with Crippen molar-refractivity contribution in [2.75, 3.05) is 6.54 Å². The largest absolute Gasteiger partial charge is 0.467 e. The van der Waals surface area contributed by atoms with Gasteiger partial charge in [-0.1, -0.05) is 53.2 Å². The van der Waals surface area contributed by atoms with E-state index < -0.39 is 5.72 Å². The zero-order valence-electron chi connectivity index (χ0n) is 14.3. The number of hydrogen-bond acceptors (Lipinski definition) is 2. The summed E-state index contributed by atoms with van der Waals surface area (Å²) < 4.78 is 7.37. The minimum absolute atomic E-state index is 0.0354. The van der Waals surface area contributed by atoms with Crippen LogP contribution in [0.25, 0.3) is 0 Å². The lowest BCUT2D eigenvalue weighted by molar-refractivity contribution is -0.123. The lowest BCUT2D eigenvalue weighted by Gasteiger charge is -2.54. The molecule has 2 bridgehead atoms. The fraction of sp³-hybridized carbons (Fsp3) is 0.350. The number of benzene rings is 2. The van der Waals surface area contributed by atoms with Crippen LogP contribution in [0.2, 0.25) is 0 Å². The van der Waals surface area contributed by atoms with Crippen molar-refractivity contribution in [3.8, 4) is 5.75 Å². The minimum Gasteiger partial charge on any atom is -0.467 e. The van der Waals surface area contributed by atoms with E-state index >= 15 is 0 Å². The van der Waals surface area contributed by atoms with E-state index in [1.54, 1.807) is 0 Å². The average molecular weight is 401 g/mol. The molecule has 5 heteroatoms. The highest BCUT2D eigenvalue weighted by atomic mass is 79.9. The van der Waals surface area contributed by atoms with Gasteiger partial charge in [0.1, 0.15) is 5.75 Å². The molecule has 2 heterocycles. The van der Waals surface area contributed by atoms with Crippen LogP contribution in [0.1, 0.15) is 31.0 Å². The van der Waals surface area contributed by atoms with Crippen LogP contribution in [0.15, 0.2) is 53.0 Å². The maximum absolute atomic E-state index is 12.8. The summed E-state index contributed by atoms with van der Waals surface area (Å²) in [5.74, 6) is 0.987. The van der Waals surface area contributed by atoms with E-state index in [4.69, 9.17) is 4.74 Å². The molecule has 2 aliphatic rings. The second-order valence-corrected chi connectivity index (χ2v) is 7.86. The molecule has 2 aromatic rings. The van der Waals surface area contributed by atoms with Crippen LogP contribution < -0.4 is 10.1 Å². The molecule has 3 atom stereocenters. The highest BCUT2D eigenvalue weighted by Gasteiger charge is 2.54. The van der Waals surface area contributed by atoms with Crippen molar-refractivity contribution in [2.24, 2.45) is 5.92 Å². The molecular formula is C20H21BrN2O2. The van der Waals surface area contributed by atoms with Crippen molar-refractivity contribution in [1.29, 1.82) is 0 Å². The molecule has 0 saturated carbocycles. The van der Waals surface area contributed by atoms with Crippen LogP contribution >= 0.6 is 15.9 Å². The quantitative estimate of drug-likeness (QED) is 0.823. The van der Waals surface area contributed by atoms with E-state index in [9.17, 15) is 4.79 Å². The molecule has 4 rings (SSSR count). The van der Waals surface area contributed by atoms with Crippen molar-refractivity contribution in [3.05, 3.63) is 64.1 Å². The first kappa shape index (κ1) is 16.5. The molecule has 2 aromatic carbocycles. The number of carbonyl (C=O) groups is 1. The van der Waals surface area contributed by atoms with Crippen LogP contribution in [0.3, 0.4) is 0 Å². The van der Waals surface area contributed by atoms with Gasteiger partial charge in [-0.15, -0.1) is 0 Å². The van der Waals surface area contributed by atoms with Gasteiger partial charge < -0.3 is 10.1 Å². The van der Waals surface area contributed by atoms with E-state index in [1.807, 2.05) is 48.2 Å². The Kier molecular flexibility index (Phi) is 3.99. The first-order valence-corrected chi connectivity index (χ1v) is 9.39. The third-order valence-corrected chi connectivity index (χ3v) is 5.99. The Labute approximate surface area is 156 Å².